The first-order valence-corrected chi connectivity index (χ1v) is 6.81. The van der Waals surface area contributed by atoms with Crippen molar-refractivity contribution < 1.29 is 0 Å². The molecule has 2 aromatic rings. The summed E-state index contributed by atoms with van der Waals surface area (Å²) in [5.74, 6) is 0. The molecule has 3 nitrogen and oxygen atoms in total. The Morgan fingerprint density at radius 3 is 2.61 bits per heavy atom. The molecule has 0 spiro atoms. The van der Waals surface area contributed by atoms with Crippen LogP contribution < -0.4 is 11.1 Å². The summed E-state index contributed by atoms with van der Waals surface area (Å²) in [4.78, 5) is 6.06. The number of aryl methyl sites for hydroxylation is 3. The highest BCUT2D eigenvalue weighted by Crippen LogP contribution is 2.27. The second kappa shape index (κ2) is 5.04. The molecule has 0 atom stereocenters. The maximum Gasteiger partial charge on any atom is 0.187 e. The van der Waals surface area contributed by atoms with Gasteiger partial charge in [0.15, 0.2) is 5.13 Å². The summed E-state index contributed by atoms with van der Waals surface area (Å²) in [5, 5.41) is 4.15. The molecule has 0 bridgehead atoms. The SMILES string of the molecule is Cc1ccc(Nc2nc(C)c(C)s2)c(C(N)=S)c1. The molecule has 0 radical (unpaired) electrons. The van der Waals surface area contributed by atoms with Gasteiger partial charge in [0.05, 0.1) is 11.4 Å². The molecule has 1 heterocycles. The fourth-order valence-corrected chi connectivity index (χ4v) is 2.61. The van der Waals surface area contributed by atoms with Crippen molar-refractivity contribution in [2.45, 2.75) is 20.8 Å². The van der Waals surface area contributed by atoms with Crippen molar-refractivity contribution in [2.24, 2.45) is 5.73 Å². The Balaban J connectivity index is 2.36. The third kappa shape index (κ3) is 2.68. The molecule has 0 fully saturated rings. The van der Waals surface area contributed by atoms with Gasteiger partial charge in [0.25, 0.3) is 0 Å². The molecule has 3 N–H and O–H groups in total. The van der Waals surface area contributed by atoms with E-state index in [9.17, 15) is 0 Å². The number of rotatable bonds is 3. The molecule has 5 heteroatoms. The number of benzene rings is 1. The van der Waals surface area contributed by atoms with Gasteiger partial charge < -0.3 is 11.1 Å². The lowest BCUT2D eigenvalue weighted by molar-refractivity contribution is 1.23. The summed E-state index contributed by atoms with van der Waals surface area (Å²) in [6.07, 6.45) is 0. The lowest BCUT2D eigenvalue weighted by Crippen LogP contribution is -2.12. The zero-order valence-electron chi connectivity index (χ0n) is 10.6. The minimum absolute atomic E-state index is 0.395. The summed E-state index contributed by atoms with van der Waals surface area (Å²) in [6, 6.07) is 5.99. The minimum atomic E-state index is 0.395. The van der Waals surface area contributed by atoms with E-state index in [0.717, 1.165) is 27.6 Å². The van der Waals surface area contributed by atoms with Crippen LogP contribution in [0.1, 0.15) is 21.7 Å². The Kier molecular flexibility index (Phi) is 3.63. The van der Waals surface area contributed by atoms with Crippen LogP contribution in [0.4, 0.5) is 10.8 Å². The zero-order chi connectivity index (χ0) is 13.3. The highest BCUT2D eigenvalue weighted by atomic mass is 32.1. The zero-order valence-corrected chi connectivity index (χ0v) is 12.2. The van der Waals surface area contributed by atoms with E-state index in [0.29, 0.717) is 4.99 Å². The Morgan fingerprint density at radius 2 is 2.06 bits per heavy atom. The fourth-order valence-electron chi connectivity index (χ4n) is 1.61. The van der Waals surface area contributed by atoms with E-state index in [1.54, 1.807) is 11.3 Å². The van der Waals surface area contributed by atoms with Gasteiger partial charge in [-0.25, -0.2) is 4.98 Å². The molecule has 0 saturated carbocycles. The lowest BCUT2D eigenvalue weighted by atomic mass is 10.1. The van der Waals surface area contributed by atoms with Crippen LogP contribution in [0.2, 0.25) is 0 Å². The summed E-state index contributed by atoms with van der Waals surface area (Å²) in [5.41, 5.74) is 9.69. The first-order valence-electron chi connectivity index (χ1n) is 5.59. The Labute approximate surface area is 116 Å². The van der Waals surface area contributed by atoms with Crippen LogP contribution in [-0.2, 0) is 0 Å². The molecule has 0 unspecified atom stereocenters. The van der Waals surface area contributed by atoms with Gasteiger partial charge in [0, 0.05) is 10.4 Å². The molecule has 0 saturated heterocycles. The highest BCUT2D eigenvalue weighted by Gasteiger charge is 2.09. The number of hydrogen-bond donors (Lipinski definition) is 2. The number of thiazole rings is 1. The summed E-state index contributed by atoms with van der Waals surface area (Å²) in [6.45, 7) is 6.08. The van der Waals surface area contributed by atoms with Crippen molar-refractivity contribution in [1.29, 1.82) is 0 Å². The van der Waals surface area contributed by atoms with E-state index in [2.05, 4.69) is 17.2 Å². The predicted molar refractivity (Wildman–Crippen MR) is 81.9 cm³/mol. The molecule has 0 aliphatic carbocycles. The summed E-state index contributed by atoms with van der Waals surface area (Å²) < 4.78 is 0. The standard InChI is InChI=1S/C13H15N3S2/c1-7-4-5-11(10(6-7)12(14)17)16-13-15-8(2)9(3)18-13/h4-6H,1-3H3,(H2,14,17)(H,15,16). The van der Waals surface area contributed by atoms with Gasteiger partial charge in [-0.05, 0) is 32.9 Å². The number of anilines is 2. The van der Waals surface area contributed by atoms with E-state index < -0.39 is 0 Å². The van der Waals surface area contributed by atoms with Crippen molar-refractivity contribution in [3.05, 3.63) is 39.9 Å². The lowest BCUT2D eigenvalue weighted by Gasteiger charge is -2.09. The maximum absolute atomic E-state index is 5.75. The largest absolute Gasteiger partial charge is 0.389 e. The van der Waals surface area contributed by atoms with Gasteiger partial charge >= 0.3 is 0 Å². The van der Waals surface area contributed by atoms with Crippen LogP contribution in [0.25, 0.3) is 0 Å². The van der Waals surface area contributed by atoms with Crippen molar-refractivity contribution in [1.82, 2.24) is 4.98 Å². The first-order chi connectivity index (χ1) is 8.47. The third-order valence-corrected chi connectivity index (χ3v) is 3.92. The monoisotopic (exact) mass is 277 g/mol. The van der Waals surface area contributed by atoms with Crippen molar-refractivity contribution in [3.8, 4) is 0 Å². The minimum Gasteiger partial charge on any atom is -0.389 e. The molecular formula is C13H15N3S2. The van der Waals surface area contributed by atoms with Gasteiger partial charge in [-0.3, -0.25) is 0 Å². The van der Waals surface area contributed by atoms with Crippen molar-refractivity contribution in [3.63, 3.8) is 0 Å². The average molecular weight is 277 g/mol. The number of nitrogens with zero attached hydrogens (tertiary/aromatic N) is 1. The Bertz CT molecular complexity index is 583. The molecule has 1 aromatic carbocycles. The second-order valence-electron chi connectivity index (χ2n) is 4.20. The predicted octanol–water partition coefficient (Wildman–Crippen LogP) is 3.45. The second-order valence-corrected chi connectivity index (χ2v) is 5.84. The summed E-state index contributed by atoms with van der Waals surface area (Å²) >= 11 is 6.70. The average Bonchev–Trinajstić information content (AvgIpc) is 2.60. The molecule has 0 aliphatic rings. The van der Waals surface area contributed by atoms with Gasteiger partial charge in [-0.15, -0.1) is 11.3 Å². The number of hydrogen-bond acceptors (Lipinski definition) is 4. The number of nitrogens with one attached hydrogen (secondary N) is 1. The molecule has 2 rings (SSSR count). The normalized spacial score (nSPS) is 10.4. The van der Waals surface area contributed by atoms with Crippen LogP contribution in [0.3, 0.4) is 0 Å². The Morgan fingerprint density at radius 1 is 1.33 bits per heavy atom. The molecular weight excluding hydrogens is 262 g/mol. The topological polar surface area (TPSA) is 50.9 Å². The van der Waals surface area contributed by atoms with Crippen molar-refractivity contribution in [2.75, 3.05) is 5.32 Å². The highest BCUT2D eigenvalue weighted by molar-refractivity contribution is 7.80. The number of nitrogens with two attached hydrogens (primary N) is 1. The van der Waals surface area contributed by atoms with Crippen molar-refractivity contribution >= 4 is 39.4 Å². The van der Waals surface area contributed by atoms with E-state index >= 15 is 0 Å². The first kappa shape index (κ1) is 13.0. The van der Waals surface area contributed by atoms with Crippen LogP contribution in [0.15, 0.2) is 18.2 Å². The smallest absolute Gasteiger partial charge is 0.187 e. The molecule has 94 valence electrons. The van der Waals surface area contributed by atoms with E-state index in [1.807, 2.05) is 32.0 Å². The van der Waals surface area contributed by atoms with Gasteiger partial charge in [-0.1, -0.05) is 23.8 Å². The van der Waals surface area contributed by atoms with E-state index in [1.165, 1.54) is 4.88 Å². The molecule has 0 amide bonds. The molecule has 18 heavy (non-hydrogen) atoms. The number of aromatic nitrogens is 1. The summed E-state index contributed by atoms with van der Waals surface area (Å²) in [7, 11) is 0. The van der Waals surface area contributed by atoms with E-state index in [-0.39, 0.29) is 0 Å². The maximum atomic E-state index is 5.75. The van der Waals surface area contributed by atoms with E-state index in [4.69, 9.17) is 18.0 Å². The van der Waals surface area contributed by atoms with Crippen LogP contribution in [0, 0.1) is 20.8 Å². The molecule has 0 aliphatic heterocycles. The Hall–Kier alpha value is -1.46. The quantitative estimate of drug-likeness (QED) is 0.844. The third-order valence-electron chi connectivity index (χ3n) is 2.71. The van der Waals surface area contributed by atoms with Crippen LogP contribution in [0.5, 0.6) is 0 Å². The number of thiocarbonyl (C=S) groups is 1. The van der Waals surface area contributed by atoms with Crippen LogP contribution in [-0.4, -0.2) is 9.97 Å². The van der Waals surface area contributed by atoms with Gasteiger partial charge in [0.1, 0.15) is 4.99 Å². The molecule has 1 aromatic heterocycles. The fraction of sp³-hybridized carbons (Fsp3) is 0.231. The van der Waals surface area contributed by atoms with Gasteiger partial charge in [-0.2, -0.15) is 0 Å². The van der Waals surface area contributed by atoms with Crippen LogP contribution >= 0.6 is 23.6 Å². The van der Waals surface area contributed by atoms with Gasteiger partial charge in [0.2, 0.25) is 0 Å².